The maximum atomic E-state index is 10.4. The van der Waals surface area contributed by atoms with Crippen molar-refractivity contribution in [1.82, 2.24) is 0 Å². The maximum Gasteiger partial charge on any atom is 0.292 e. The van der Waals surface area contributed by atoms with E-state index in [2.05, 4.69) is 5.73 Å². The molecule has 0 aromatic rings. The van der Waals surface area contributed by atoms with Crippen molar-refractivity contribution in [3.63, 3.8) is 0 Å². The van der Waals surface area contributed by atoms with E-state index in [0.717, 1.165) is 0 Å². The lowest BCUT2D eigenvalue weighted by Gasteiger charge is -2.02. The van der Waals surface area contributed by atoms with Gasteiger partial charge in [-0.15, -0.1) is 0 Å². The minimum Gasteiger partial charge on any atom is -0.364 e. The molecule has 0 bridgehead atoms. The molecule has 76 valence electrons. The highest BCUT2D eigenvalue weighted by Gasteiger charge is 2.28. The summed E-state index contributed by atoms with van der Waals surface area (Å²) in [6, 6.07) is -1.78. The van der Waals surface area contributed by atoms with E-state index >= 15 is 0 Å². The maximum absolute atomic E-state index is 10.4. The van der Waals surface area contributed by atoms with Gasteiger partial charge in [-0.3, -0.25) is 19.5 Å². The van der Waals surface area contributed by atoms with Crippen molar-refractivity contribution < 1.29 is 22.7 Å². The van der Waals surface area contributed by atoms with Gasteiger partial charge in [0.25, 0.3) is 22.1 Å². The zero-order chi connectivity index (χ0) is 10.6. The van der Waals surface area contributed by atoms with Crippen LogP contribution in [0.1, 0.15) is 6.42 Å². The van der Waals surface area contributed by atoms with Crippen molar-refractivity contribution in [2.45, 2.75) is 12.5 Å². The molecule has 0 aliphatic rings. The van der Waals surface area contributed by atoms with Gasteiger partial charge in [0.15, 0.2) is 0 Å². The van der Waals surface area contributed by atoms with Crippen LogP contribution in [0.25, 0.3) is 0 Å². The van der Waals surface area contributed by atoms with Crippen LogP contribution < -0.4 is 5.73 Å². The molecule has 0 heterocycles. The monoisotopic (exact) mass is 212 g/mol. The first-order valence-electron chi connectivity index (χ1n) is 3.12. The highest BCUT2D eigenvalue weighted by molar-refractivity contribution is 7.85. The highest BCUT2D eigenvalue weighted by atomic mass is 32.2. The van der Waals surface area contributed by atoms with Crippen LogP contribution in [0.2, 0.25) is 0 Å². The summed E-state index contributed by atoms with van der Waals surface area (Å²) in [7, 11) is -4.30. The van der Waals surface area contributed by atoms with Crippen LogP contribution >= 0.6 is 0 Å². The topological polar surface area (TPSA) is 141 Å². The van der Waals surface area contributed by atoms with Gasteiger partial charge in [-0.1, -0.05) is 0 Å². The Balaban J connectivity index is 4.30. The van der Waals surface area contributed by atoms with Gasteiger partial charge in [0.1, 0.15) is 0 Å². The molecule has 0 aromatic carbocycles. The van der Waals surface area contributed by atoms with Crippen LogP contribution in [0.15, 0.2) is 0 Å². The first kappa shape index (κ1) is 11.8. The number of amides is 1. The Morgan fingerprint density at radius 3 is 2.31 bits per heavy atom. The predicted molar refractivity (Wildman–Crippen MR) is 41.0 cm³/mol. The molecular weight excluding hydrogens is 204 g/mol. The number of carbonyl (C=O) groups is 1. The van der Waals surface area contributed by atoms with E-state index in [0.29, 0.717) is 0 Å². The molecule has 0 aliphatic heterocycles. The Morgan fingerprint density at radius 2 is 2.08 bits per heavy atom. The second-order valence-corrected chi connectivity index (χ2v) is 3.85. The standard InChI is InChI=1S/C4H8N2O6S/c5-4(7)3(6(8)9)1-2-13(10,11)12/h3H,1-2H2,(H2,5,7)(H,10,11,12). The number of nitro groups is 1. The molecule has 0 saturated heterocycles. The van der Waals surface area contributed by atoms with Gasteiger partial charge in [0.2, 0.25) is 0 Å². The first-order chi connectivity index (χ1) is 5.74. The normalized spacial score (nSPS) is 13.6. The van der Waals surface area contributed by atoms with Crippen molar-refractivity contribution >= 4 is 16.0 Å². The van der Waals surface area contributed by atoms with E-state index in [1.54, 1.807) is 0 Å². The number of carbonyl (C=O) groups excluding carboxylic acids is 1. The molecule has 0 fully saturated rings. The summed E-state index contributed by atoms with van der Waals surface area (Å²) < 4.78 is 28.6. The van der Waals surface area contributed by atoms with Crippen molar-refractivity contribution in [2.75, 3.05) is 5.75 Å². The zero-order valence-electron chi connectivity index (χ0n) is 6.41. The summed E-state index contributed by atoms with van der Waals surface area (Å²) in [5.74, 6) is -2.09. The minimum atomic E-state index is -4.30. The van der Waals surface area contributed by atoms with E-state index in [9.17, 15) is 23.3 Å². The van der Waals surface area contributed by atoms with Crippen molar-refractivity contribution in [2.24, 2.45) is 5.73 Å². The van der Waals surface area contributed by atoms with Gasteiger partial charge in [-0.2, -0.15) is 8.42 Å². The van der Waals surface area contributed by atoms with Crippen molar-refractivity contribution in [3.8, 4) is 0 Å². The predicted octanol–water partition coefficient (Wildman–Crippen LogP) is -1.61. The third kappa shape index (κ3) is 5.09. The SMILES string of the molecule is NC(=O)C(CCS(=O)(=O)O)[N+](=O)[O-]. The average molecular weight is 212 g/mol. The van der Waals surface area contributed by atoms with E-state index in [-0.39, 0.29) is 0 Å². The van der Waals surface area contributed by atoms with Gasteiger partial charge in [0.05, 0.1) is 5.75 Å². The number of hydrogen-bond donors (Lipinski definition) is 2. The summed E-state index contributed by atoms with van der Waals surface area (Å²) in [5, 5.41) is 10.1. The number of primary amides is 1. The van der Waals surface area contributed by atoms with Crippen molar-refractivity contribution in [3.05, 3.63) is 10.1 Å². The number of rotatable bonds is 5. The Bertz CT molecular complexity index is 295. The van der Waals surface area contributed by atoms with Crippen LogP contribution in [0.5, 0.6) is 0 Å². The van der Waals surface area contributed by atoms with Crippen LogP contribution in [0, 0.1) is 10.1 Å². The second-order valence-electron chi connectivity index (χ2n) is 2.28. The summed E-state index contributed by atoms with van der Waals surface area (Å²) >= 11 is 0. The summed E-state index contributed by atoms with van der Waals surface area (Å²) in [5.41, 5.74) is 4.61. The fourth-order valence-electron chi connectivity index (χ4n) is 0.612. The summed E-state index contributed by atoms with van der Waals surface area (Å²) in [6.07, 6.45) is -0.624. The molecule has 0 radical (unpaired) electrons. The van der Waals surface area contributed by atoms with Crippen LogP contribution in [0.4, 0.5) is 0 Å². The highest BCUT2D eigenvalue weighted by Crippen LogP contribution is 1.99. The molecule has 0 rings (SSSR count). The van der Waals surface area contributed by atoms with Gasteiger partial charge < -0.3 is 5.73 Å². The fourth-order valence-corrected chi connectivity index (χ4v) is 1.13. The van der Waals surface area contributed by atoms with E-state index < -0.39 is 39.2 Å². The van der Waals surface area contributed by atoms with E-state index in [1.165, 1.54) is 0 Å². The third-order valence-electron chi connectivity index (χ3n) is 1.23. The Morgan fingerprint density at radius 1 is 1.62 bits per heavy atom. The Labute approximate surface area is 73.6 Å². The number of nitrogens with two attached hydrogens (primary N) is 1. The largest absolute Gasteiger partial charge is 0.364 e. The van der Waals surface area contributed by atoms with Crippen LogP contribution in [-0.4, -0.2) is 35.6 Å². The molecule has 1 atom stereocenters. The second kappa shape index (κ2) is 4.14. The summed E-state index contributed by atoms with van der Waals surface area (Å²) in [4.78, 5) is 19.5. The summed E-state index contributed by atoms with van der Waals surface area (Å²) in [6.45, 7) is 0. The number of nitrogens with zero attached hydrogens (tertiary/aromatic N) is 1. The van der Waals surface area contributed by atoms with Crippen LogP contribution in [0.3, 0.4) is 0 Å². The molecule has 9 heteroatoms. The molecule has 0 aliphatic carbocycles. The van der Waals surface area contributed by atoms with Crippen LogP contribution in [-0.2, 0) is 14.9 Å². The smallest absolute Gasteiger partial charge is 0.292 e. The zero-order valence-corrected chi connectivity index (χ0v) is 7.23. The van der Waals surface area contributed by atoms with E-state index in [1.807, 2.05) is 0 Å². The molecule has 1 amide bonds. The molecular formula is C4H8N2O6S. The minimum absolute atomic E-state index is 0.624. The Kier molecular flexibility index (Phi) is 3.75. The van der Waals surface area contributed by atoms with Gasteiger partial charge in [-0.25, -0.2) is 0 Å². The molecule has 0 saturated carbocycles. The van der Waals surface area contributed by atoms with Gasteiger partial charge in [-0.05, 0) is 0 Å². The molecule has 1 unspecified atom stereocenters. The lowest BCUT2D eigenvalue weighted by molar-refractivity contribution is -0.507. The first-order valence-corrected chi connectivity index (χ1v) is 4.73. The average Bonchev–Trinajstić information content (AvgIpc) is 1.82. The lowest BCUT2D eigenvalue weighted by Crippen LogP contribution is -2.36. The third-order valence-corrected chi connectivity index (χ3v) is 1.98. The van der Waals surface area contributed by atoms with Gasteiger partial charge >= 0.3 is 0 Å². The molecule has 0 aromatic heterocycles. The molecule has 3 N–H and O–H groups in total. The van der Waals surface area contributed by atoms with Gasteiger partial charge in [0, 0.05) is 11.3 Å². The molecule has 0 spiro atoms. The molecule has 8 nitrogen and oxygen atoms in total. The van der Waals surface area contributed by atoms with Crippen molar-refractivity contribution in [1.29, 1.82) is 0 Å². The van der Waals surface area contributed by atoms with E-state index in [4.69, 9.17) is 4.55 Å². The quantitative estimate of drug-likeness (QED) is 0.319. The number of hydrogen-bond acceptors (Lipinski definition) is 5. The Hall–Kier alpha value is -1.22. The fraction of sp³-hybridized carbons (Fsp3) is 0.750. The lowest BCUT2D eigenvalue weighted by atomic mass is 10.2. The molecule has 13 heavy (non-hydrogen) atoms.